The van der Waals surface area contributed by atoms with Crippen molar-refractivity contribution in [1.82, 2.24) is 4.90 Å². The second-order valence-electron chi connectivity index (χ2n) is 11.7. The van der Waals surface area contributed by atoms with E-state index in [1.165, 1.54) is 27.4 Å². The van der Waals surface area contributed by atoms with Crippen molar-refractivity contribution in [1.29, 1.82) is 0 Å². The molecule has 13 nitrogen and oxygen atoms in total. The fourth-order valence-electron chi connectivity index (χ4n) is 6.57. The Hall–Kier alpha value is -5.56. The van der Waals surface area contributed by atoms with Crippen LogP contribution in [-0.4, -0.2) is 79.4 Å². The molecule has 0 radical (unpaired) electrons. The largest absolute Gasteiger partial charge is 0.502 e. The molecule has 2 heterocycles. The molecule has 0 amide bonds. The van der Waals surface area contributed by atoms with Gasteiger partial charge in [-0.3, -0.25) is 14.5 Å². The topological polar surface area (TPSA) is 145 Å². The molecule has 0 saturated carbocycles. The van der Waals surface area contributed by atoms with E-state index in [2.05, 4.69) is 4.90 Å². The molecule has 0 aliphatic carbocycles. The Labute approximate surface area is 296 Å². The van der Waals surface area contributed by atoms with Gasteiger partial charge >= 0.3 is 5.97 Å². The molecular weight excluding hydrogens is 662 g/mol. The lowest BCUT2D eigenvalue weighted by Crippen LogP contribution is -2.36. The molecule has 0 bridgehead atoms. The minimum Gasteiger partial charge on any atom is -0.502 e. The van der Waals surface area contributed by atoms with E-state index in [0.29, 0.717) is 58.8 Å². The minimum absolute atomic E-state index is 0.0803. The van der Waals surface area contributed by atoms with Gasteiger partial charge in [0.25, 0.3) is 0 Å². The van der Waals surface area contributed by atoms with E-state index in [9.17, 15) is 14.7 Å². The lowest BCUT2D eigenvalue weighted by molar-refractivity contribution is -0.140. The maximum absolute atomic E-state index is 13.4. The monoisotopic (exact) mass is 705 g/mol. The molecule has 2 atom stereocenters. The standard InChI is InChI=1S/C38H43NO12/c1-43-28-10-9-21(13-29(28)44-2)26(19-34(41)49-7)37-36(42)27(40)17-24(51-37)20-39-12-11-22-14-30(45-3)31(46-4)18-25(22)35(39)23-15-32(47-5)38(50-8)33(16-23)48-6/h9-10,13-18,26,35,42H,11-12,19-20H2,1-8H3/t26-,35+/m1/s1. The Kier molecular flexibility index (Phi) is 11.5. The molecule has 5 rings (SSSR count). The maximum atomic E-state index is 13.4. The first-order valence-electron chi connectivity index (χ1n) is 16.1. The summed E-state index contributed by atoms with van der Waals surface area (Å²) >= 11 is 0. The predicted octanol–water partition coefficient (Wildman–Crippen LogP) is 5.25. The average molecular weight is 706 g/mol. The molecular formula is C38H43NO12. The summed E-state index contributed by atoms with van der Waals surface area (Å²) in [5.41, 5.74) is 2.67. The number of hydrogen-bond acceptors (Lipinski definition) is 13. The van der Waals surface area contributed by atoms with Gasteiger partial charge in [-0.2, -0.15) is 0 Å². The van der Waals surface area contributed by atoms with Crippen molar-refractivity contribution < 1.29 is 52.2 Å². The van der Waals surface area contributed by atoms with Crippen molar-refractivity contribution in [3.05, 3.63) is 92.5 Å². The number of esters is 1. The third-order valence-electron chi connectivity index (χ3n) is 9.06. The number of ether oxygens (including phenoxy) is 8. The van der Waals surface area contributed by atoms with Gasteiger partial charge in [0, 0.05) is 12.6 Å². The van der Waals surface area contributed by atoms with Gasteiger partial charge in [-0.05, 0) is 65.1 Å². The van der Waals surface area contributed by atoms with Gasteiger partial charge in [-0.25, -0.2) is 0 Å². The molecule has 13 heteroatoms. The fourth-order valence-corrected chi connectivity index (χ4v) is 6.57. The van der Waals surface area contributed by atoms with E-state index < -0.39 is 29.1 Å². The summed E-state index contributed by atoms with van der Waals surface area (Å²) in [5.74, 6) is 1.53. The third kappa shape index (κ3) is 7.34. The summed E-state index contributed by atoms with van der Waals surface area (Å²) in [6, 6.07) is 13.6. The number of nitrogens with zero attached hydrogens (tertiary/aromatic N) is 1. The number of rotatable bonds is 14. The van der Waals surface area contributed by atoms with Gasteiger partial charge in [-0.1, -0.05) is 6.07 Å². The van der Waals surface area contributed by atoms with Crippen molar-refractivity contribution in [3.63, 3.8) is 0 Å². The summed E-state index contributed by atoms with van der Waals surface area (Å²) in [4.78, 5) is 28.2. The van der Waals surface area contributed by atoms with Crippen LogP contribution in [0.2, 0.25) is 0 Å². The van der Waals surface area contributed by atoms with Crippen LogP contribution in [0.5, 0.6) is 46.0 Å². The lowest BCUT2D eigenvalue weighted by atomic mass is 9.87. The molecule has 272 valence electrons. The number of carbonyl (C=O) groups excluding carboxylic acids is 1. The van der Waals surface area contributed by atoms with Gasteiger partial charge in [0.05, 0.1) is 81.8 Å². The molecule has 3 aromatic carbocycles. The van der Waals surface area contributed by atoms with Crippen molar-refractivity contribution >= 4 is 5.97 Å². The molecule has 51 heavy (non-hydrogen) atoms. The van der Waals surface area contributed by atoms with Crippen molar-refractivity contribution in [2.24, 2.45) is 0 Å². The first-order valence-corrected chi connectivity index (χ1v) is 16.1. The maximum Gasteiger partial charge on any atom is 0.306 e. The van der Waals surface area contributed by atoms with E-state index in [0.717, 1.165) is 16.7 Å². The summed E-state index contributed by atoms with van der Waals surface area (Å²) in [6.07, 6.45) is 0.418. The highest BCUT2D eigenvalue weighted by Crippen LogP contribution is 2.46. The van der Waals surface area contributed by atoms with Gasteiger partial charge in [0.1, 0.15) is 5.76 Å². The Bertz CT molecular complexity index is 1910. The van der Waals surface area contributed by atoms with E-state index in [1.54, 1.807) is 53.7 Å². The lowest BCUT2D eigenvalue weighted by Gasteiger charge is -2.38. The van der Waals surface area contributed by atoms with Crippen LogP contribution < -0.4 is 38.6 Å². The second kappa shape index (κ2) is 16.0. The zero-order chi connectivity index (χ0) is 36.8. The molecule has 0 spiro atoms. The summed E-state index contributed by atoms with van der Waals surface area (Å²) in [7, 11) is 12.1. The van der Waals surface area contributed by atoms with Crippen LogP contribution in [0.3, 0.4) is 0 Å². The Morgan fingerprint density at radius 2 is 1.39 bits per heavy atom. The number of aromatic hydroxyl groups is 1. The first-order chi connectivity index (χ1) is 24.6. The van der Waals surface area contributed by atoms with Gasteiger partial charge in [-0.15, -0.1) is 0 Å². The molecule has 1 N–H and O–H groups in total. The number of carbonyl (C=O) groups is 1. The number of fused-ring (bicyclic) bond motifs is 1. The van der Waals surface area contributed by atoms with Crippen molar-refractivity contribution in [2.75, 3.05) is 63.4 Å². The van der Waals surface area contributed by atoms with Crippen LogP contribution in [0.4, 0.5) is 0 Å². The first kappa shape index (κ1) is 36.7. The highest BCUT2D eigenvalue weighted by Gasteiger charge is 2.34. The summed E-state index contributed by atoms with van der Waals surface area (Å²) in [5, 5.41) is 11.1. The number of benzene rings is 3. The summed E-state index contributed by atoms with van der Waals surface area (Å²) in [6.45, 7) is 0.694. The van der Waals surface area contributed by atoms with Crippen LogP contribution in [0.15, 0.2) is 57.7 Å². The van der Waals surface area contributed by atoms with E-state index >= 15 is 0 Å². The van der Waals surface area contributed by atoms with Gasteiger partial charge in [0.2, 0.25) is 16.9 Å². The molecule has 1 aromatic heterocycles. The van der Waals surface area contributed by atoms with E-state index in [1.807, 2.05) is 24.3 Å². The average Bonchev–Trinajstić information content (AvgIpc) is 3.16. The second-order valence-corrected chi connectivity index (χ2v) is 11.7. The number of hydrogen-bond donors (Lipinski definition) is 1. The smallest absolute Gasteiger partial charge is 0.306 e. The normalized spacial score (nSPS) is 14.5. The molecule has 0 fully saturated rings. The molecule has 4 aromatic rings. The highest BCUT2D eigenvalue weighted by atomic mass is 16.5. The predicted molar refractivity (Wildman–Crippen MR) is 186 cm³/mol. The third-order valence-corrected chi connectivity index (χ3v) is 9.06. The number of methoxy groups -OCH3 is 8. The Morgan fingerprint density at radius 1 is 0.784 bits per heavy atom. The fraction of sp³-hybridized carbons (Fsp3) is 0.368. The zero-order valence-corrected chi connectivity index (χ0v) is 30.0. The SMILES string of the molecule is COC(=O)C[C@H](c1ccc(OC)c(OC)c1)c1oc(CN2CCc3cc(OC)c(OC)cc3[C@@H]2c2cc(OC)c(OC)c(OC)c2)cc(=O)c1O. The quantitative estimate of drug-likeness (QED) is 0.171. The zero-order valence-electron chi connectivity index (χ0n) is 30.0. The van der Waals surface area contributed by atoms with E-state index in [-0.39, 0.29) is 24.5 Å². The van der Waals surface area contributed by atoms with Crippen molar-refractivity contribution in [2.45, 2.75) is 31.3 Å². The summed E-state index contributed by atoms with van der Waals surface area (Å²) < 4.78 is 50.6. The minimum atomic E-state index is -0.894. The van der Waals surface area contributed by atoms with Crippen LogP contribution in [0, 0.1) is 0 Å². The van der Waals surface area contributed by atoms with Crippen LogP contribution in [-0.2, 0) is 22.5 Å². The van der Waals surface area contributed by atoms with E-state index in [4.69, 9.17) is 42.3 Å². The molecule has 1 aliphatic heterocycles. The Balaban J connectivity index is 1.65. The van der Waals surface area contributed by atoms with Crippen molar-refractivity contribution in [3.8, 4) is 46.0 Å². The van der Waals surface area contributed by atoms with Crippen LogP contribution >= 0.6 is 0 Å². The molecule has 0 unspecified atom stereocenters. The van der Waals surface area contributed by atoms with Gasteiger partial charge in [0.15, 0.2) is 40.3 Å². The van der Waals surface area contributed by atoms with Gasteiger partial charge < -0.3 is 47.4 Å². The van der Waals surface area contributed by atoms with Crippen LogP contribution in [0.25, 0.3) is 0 Å². The molecule has 0 saturated heterocycles. The van der Waals surface area contributed by atoms with Crippen LogP contribution in [0.1, 0.15) is 52.2 Å². The Morgan fingerprint density at radius 3 is 1.98 bits per heavy atom. The molecule has 1 aliphatic rings. The highest BCUT2D eigenvalue weighted by molar-refractivity contribution is 5.71.